The molecule has 8 heteroatoms. The SMILES string of the molecule is Cc1noc(C)c1Cc1ccc(C(=O)N2CCC(N(C(=O)C3CC3)C3CCOCC3)C2)o1. The van der Waals surface area contributed by atoms with Crippen LogP contribution in [0, 0.1) is 19.8 Å². The van der Waals surface area contributed by atoms with E-state index in [1.165, 1.54) is 0 Å². The molecule has 3 aliphatic rings. The Balaban J connectivity index is 1.26. The summed E-state index contributed by atoms with van der Waals surface area (Å²) in [6.45, 7) is 6.39. The average molecular weight is 442 g/mol. The van der Waals surface area contributed by atoms with Crippen LogP contribution in [-0.2, 0) is 16.0 Å². The van der Waals surface area contributed by atoms with Gasteiger partial charge in [-0.3, -0.25) is 9.59 Å². The fourth-order valence-electron chi connectivity index (χ4n) is 4.99. The molecule has 2 saturated heterocycles. The van der Waals surface area contributed by atoms with Crippen molar-refractivity contribution in [1.82, 2.24) is 15.0 Å². The van der Waals surface area contributed by atoms with Crippen molar-refractivity contribution in [3.8, 4) is 0 Å². The van der Waals surface area contributed by atoms with E-state index in [0.29, 0.717) is 44.2 Å². The van der Waals surface area contributed by atoms with Crippen LogP contribution in [0.25, 0.3) is 0 Å². The van der Waals surface area contributed by atoms with Crippen LogP contribution >= 0.6 is 0 Å². The van der Waals surface area contributed by atoms with Gasteiger partial charge in [0.05, 0.1) is 11.7 Å². The molecule has 1 atom stereocenters. The van der Waals surface area contributed by atoms with Crippen LogP contribution in [0.4, 0.5) is 0 Å². The van der Waals surface area contributed by atoms with Crippen molar-refractivity contribution in [2.24, 2.45) is 5.92 Å². The van der Waals surface area contributed by atoms with Crippen LogP contribution in [0.15, 0.2) is 21.1 Å². The Labute approximate surface area is 187 Å². The van der Waals surface area contributed by atoms with E-state index in [-0.39, 0.29) is 29.8 Å². The largest absolute Gasteiger partial charge is 0.456 e. The first-order valence-electron chi connectivity index (χ1n) is 11.7. The predicted molar refractivity (Wildman–Crippen MR) is 115 cm³/mol. The van der Waals surface area contributed by atoms with Crippen LogP contribution in [0.5, 0.6) is 0 Å². The number of aromatic nitrogens is 1. The molecule has 1 aliphatic carbocycles. The van der Waals surface area contributed by atoms with Gasteiger partial charge in [0.15, 0.2) is 5.76 Å². The second-order valence-corrected chi connectivity index (χ2v) is 9.30. The number of likely N-dealkylation sites (tertiary alicyclic amines) is 1. The van der Waals surface area contributed by atoms with E-state index in [0.717, 1.165) is 49.1 Å². The summed E-state index contributed by atoms with van der Waals surface area (Å²) in [5.74, 6) is 2.17. The minimum atomic E-state index is -0.108. The van der Waals surface area contributed by atoms with Crippen molar-refractivity contribution < 1.29 is 23.3 Å². The summed E-state index contributed by atoms with van der Waals surface area (Å²) in [7, 11) is 0. The maximum atomic E-state index is 13.1. The number of nitrogens with zero attached hydrogens (tertiary/aromatic N) is 3. The van der Waals surface area contributed by atoms with Gasteiger partial charge in [0.25, 0.3) is 5.91 Å². The monoisotopic (exact) mass is 441 g/mol. The number of carbonyl (C=O) groups excluding carboxylic acids is 2. The summed E-state index contributed by atoms with van der Waals surface area (Å²) in [6, 6.07) is 3.89. The second-order valence-electron chi connectivity index (χ2n) is 9.30. The number of rotatable bonds is 6. The van der Waals surface area contributed by atoms with Crippen LogP contribution in [-0.4, -0.2) is 65.2 Å². The van der Waals surface area contributed by atoms with E-state index < -0.39 is 0 Å². The predicted octanol–water partition coefficient (Wildman–Crippen LogP) is 3.11. The summed E-state index contributed by atoms with van der Waals surface area (Å²) < 4.78 is 16.6. The van der Waals surface area contributed by atoms with Gasteiger partial charge >= 0.3 is 0 Å². The van der Waals surface area contributed by atoms with Crippen LogP contribution in [0.1, 0.15) is 65.4 Å². The zero-order valence-corrected chi connectivity index (χ0v) is 18.8. The lowest BCUT2D eigenvalue weighted by atomic mass is 10.0. The molecule has 2 aromatic rings. The molecule has 32 heavy (non-hydrogen) atoms. The summed E-state index contributed by atoms with van der Waals surface area (Å²) in [5, 5.41) is 3.98. The third kappa shape index (κ3) is 4.20. The molecular weight excluding hydrogens is 410 g/mol. The van der Waals surface area contributed by atoms with Gasteiger partial charge in [0.2, 0.25) is 5.91 Å². The maximum Gasteiger partial charge on any atom is 0.289 e. The number of ether oxygens (including phenoxy) is 1. The minimum Gasteiger partial charge on any atom is -0.456 e. The third-order valence-electron chi connectivity index (χ3n) is 7.01. The number of hydrogen-bond donors (Lipinski definition) is 0. The number of aryl methyl sites for hydroxylation is 2. The highest BCUT2D eigenvalue weighted by Gasteiger charge is 2.42. The van der Waals surface area contributed by atoms with Gasteiger partial charge in [-0.1, -0.05) is 5.16 Å². The lowest BCUT2D eigenvalue weighted by Gasteiger charge is -2.38. The van der Waals surface area contributed by atoms with E-state index >= 15 is 0 Å². The lowest BCUT2D eigenvalue weighted by Crippen LogP contribution is -2.51. The van der Waals surface area contributed by atoms with Crippen molar-refractivity contribution in [2.75, 3.05) is 26.3 Å². The quantitative estimate of drug-likeness (QED) is 0.684. The highest BCUT2D eigenvalue weighted by atomic mass is 16.5. The van der Waals surface area contributed by atoms with Crippen molar-refractivity contribution >= 4 is 11.8 Å². The van der Waals surface area contributed by atoms with E-state index in [4.69, 9.17) is 13.7 Å². The Morgan fingerprint density at radius 2 is 1.88 bits per heavy atom. The number of hydrogen-bond acceptors (Lipinski definition) is 6. The van der Waals surface area contributed by atoms with E-state index in [1.807, 2.05) is 24.8 Å². The molecule has 2 amide bonds. The maximum absolute atomic E-state index is 13.1. The molecule has 0 N–H and O–H groups in total. The van der Waals surface area contributed by atoms with Crippen molar-refractivity contribution in [2.45, 2.75) is 64.5 Å². The molecular formula is C24H31N3O5. The Morgan fingerprint density at radius 3 is 2.56 bits per heavy atom. The number of carbonyl (C=O) groups is 2. The zero-order chi connectivity index (χ0) is 22.2. The van der Waals surface area contributed by atoms with E-state index in [2.05, 4.69) is 10.1 Å². The highest BCUT2D eigenvalue weighted by Crippen LogP contribution is 2.35. The molecule has 1 saturated carbocycles. The standard InChI is InChI=1S/C24H31N3O5/c1-15-21(16(2)32-25-15)13-20-5-6-22(31-20)24(29)26-10-7-19(14-26)27(23(28)17-3-4-17)18-8-11-30-12-9-18/h5-6,17-19H,3-4,7-14H2,1-2H3. The molecule has 2 aliphatic heterocycles. The summed E-state index contributed by atoms with van der Waals surface area (Å²) >= 11 is 0. The van der Waals surface area contributed by atoms with Crippen LogP contribution in [0.2, 0.25) is 0 Å². The smallest absolute Gasteiger partial charge is 0.289 e. The average Bonchev–Trinajstić information content (AvgIpc) is 3.21. The van der Waals surface area contributed by atoms with E-state index in [9.17, 15) is 9.59 Å². The molecule has 2 aromatic heterocycles. The molecule has 4 heterocycles. The summed E-state index contributed by atoms with van der Waals surface area (Å²) in [6.07, 6.45) is 5.11. The molecule has 1 unspecified atom stereocenters. The van der Waals surface area contributed by atoms with Crippen molar-refractivity contribution in [3.05, 3.63) is 40.7 Å². The third-order valence-corrected chi connectivity index (χ3v) is 7.01. The molecule has 5 rings (SSSR count). The van der Waals surface area contributed by atoms with Crippen LogP contribution in [0.3, 0.4) is 0 Å². The van der Waals surface area contributed by atoms with Gasteiger partial charge < -0.3 is 23.5 Å². The fourth-order valence-corrected chi connectivity index (χ4v) is 4.99. The van der Waals surface area contributed by atoms with Gasteiger partial charge in [0.1, 0.15) is 11.5 Å². The molecule has 0 aromatic carbocycles. The highest BCUT2D eigenvalue weighted by molar-refractivity contribution is 5.92. The first-order chi connectivity index (χ1) is 15.5. The summed E-state index contributed by atoms with van der Waals surface area (Å²) in [4.78, 5) is 30.2. The Morgan fingerprint density at radius 1 is 1.09 bits per heavy atom. The lowest BCUT2D eigenvalue weighted by molar-refractivity contribution is -0.139. The van der Waals surface area contributed by atoms with E-state index in [1.54, 1.807) is 6.07 Å². The van der Waals surface area contributed by atoms with Gasteiger partial charge in [-0.2, -0.15) is 0 Å². The molecule has 0 radical (unpaired) electrons. The van der Waals surface area contributed by atoms with Crippen molar-refractivity contribution in [1.29, 1.82) is 0 Å². The molecule has 3 fully saturated rings. The fraction of sp³-hybridized carbons (Fsp3) is 0.625. The molecule has 8 nitrogen and oxygen atoms in total. The van der Waals surface area contributed by atoms with Gasteiger partial charge in [-0.05, 0) is 58.1 Å². The number of furan rings is 1. The first kappa shape index (κ1) is 21.2. The first-order valence-corrected chi connectivity index (χ1v) is 11.7. The minimum absolute atomic E-state index is 0.0758. The molecule has 0 bridgehead atoms. The Kier molecular flexibility index (Phi) is 5.80. The van der Waals surface area contributed by atoms with Crippen molar-refractivity contribution in [3.63, 3.8) is 0 Å². The van der Waals surface area contributed by atoms with Gasteiger partial charge in [0, 0.05) is 50.2 Å². The zero-order valence-electron chi connectivity index (χ0n) is 18.8. The Bertz CT molecular complexity index is 966. The summed E-state index contributed by atoms with van der Waals surface area (Å²) in [5.41, 5.74) is 1.83. The Hall–Kier alpha value is -2.61. The van der Waals surface area contributed by atoms with Gasteiger partial charge in [-0.25, -0.2) is 0 Å². The van der Waals surface area contributed by atoms with Gasteiger partial charge in [-0.15, -0.1) is 0 Å². The topological polar surface area (TPSA) is 89.0 Å². The van der Waals surface area contributed by atoms with Crippen LogP contribution < -0.4 is 0 Å². The second kappa shape index (κ2) is 8.73. The number of amides is 2. The molecule has 0 spiro atoms. The normalized spacial score (nSPS) is 21.8. The molecule has 172 valence electrons.